The summed E-state index contributed by atoms with van der Waals surface area (Å²) in [7, 11) is 3.48. The molecule has 0 aliphatic rings. The highest BCUT2D eigenvalue weighted by Crippen LogP contribution is 2.26. The van der Waals surface area contributed by atoms with Crippen LogP contribution < -0.4 is 10.1 Å². The molecule has 0 saturated carbocycles. The average Bonchev–Trinajstić information content (AvgIpc) is 2.42. The zero-order chi connectivity index (χ0) is 16.0. The van der Waals surface area contributed by atoms with Crippen molar-refractivity contribution in [1.29, 1.82) is 0 Å². The molecule has 0 fully saturated rings. The molecular weight excluding hydrogens is 264 g/mol. The van der Waals surface area contributed by atoms with E-state index in [1.807, 2.05) is 13.1 Å². The first-order valence-electron chi connectivity index (χ1n) is 7.62. The minimum Gasteiger partial charge on any atom is -0.496 e. The number of likely N-dealkylation sites (N-methyl/N-ethyl adjacent to an activating group) is 1. The predicted molar refractivity (Wildman–Crippen MR) is 87.1 cm³/mol. The predicted octanol–water partition coefficient (Wildman–Crippen LogP) is 3.04. The van der Waals surface area contributed by atoms with E-state index < -0.39 is 0 Å². The molecule has 120 valence electrons. The second-order valence-electron chi connectivity index (χ2n) is 6.17. The monoisotopic (exact) mass is 294 g/mol. The van der Waals surface area contributed by atoms with Crippen LogP contribution in [0.1, 0.15) is 44.0 Å². The summed E-state index contributed by atoms with van der Waals surface area (Å²) in [5.74, 6) is 0.946. The molecule has 0 aromatic carbocycles. The maximum Gasteiger partial charge on any atom is 0.128 e. The highest BCUT2D eigenvalue weighted by molar-refractivity contribution is 5.41. The smallest absolute Gasteiger partial charge is 0.128 e. The standard InChI is InChI=1S/C17H30N2O2/c1-8-18-14(10-17(4,5)21-7)9-15-13(3)16(20-6)12(2)11-19-15/h11,14,18H,8-10H2,1-7H3. The quantitative estimate of drug-likeness (QED) is 0.800. The molecule has 1 atom stereocenters. The molecule has 4 heteroatoms. The summed E-state index contributed by atoms with van der Waals surface area (Å²) in [6.45, 7) is 11.4. The van der Waals surface area contributed by atoms with Crippen molar-refractivity contribution in [3.63, 3.8) is 0 Å². The Labute approximate surface area is 129 Å². The third-order valence-electron chi connectivity index (χ3n) is 3.97. The fourth-order valence-corrected chi connectivity index (χ4v) is 2.69. The van der Waals surface area contributed by atoms with Gasteiger partial charge in [-0.3, -0.25) is 4.98 Å². The average molecular weight is 294 g/mol. The van der Waals surface area contributed by atoms with Crippen LogP contribution in [0.5, 0.6) is 5.75 Å². The number of rotatable bonds is 8. The van der Waals surface area contributed by atoms with Crippen LogP contribution in [-0.4, -0.2) is 37.4 Å². The number of methoxy groups -OCH3 is 2. The van der Waals surface area contributed by atoms with Crippen molar-refractivity contribution in [2.45, 2.75) is 59.1 Å². The maximum absolute atomic E-state index is 5.56. The lowest BCUT2D eigenvalue weighted by Crippen LogP contribution is -2.39. The second kappa shape index (κ2) is 7.76. The van der Waals surface area contributed by atoms with Crippen LogP contribution in [0.2, 0.25) is 0 Å². The van der Waals surface area contributed by atoms with Gasteiger partial charge in [0.05, 0.1) is 12.7 Å². The lowest BCUT2D eigenvalue weighted by molar-refractivity contribution is 0.00718. The van der Waals surface area contributed by atoms with Gasteiger partial charge in [0.25, 0.3) is 0 Å². The van der Waals surface area contributed by atoms with Crippen molar-refractivity contribution in [3.05, 3.63) is 23.0 Å². The van der Waals surface area contributed by atoms with E-state index in [1.165, 1.54) is 0 Å². The van der Waals surface area contributed by atoms with Crippen LogP contribution in [0.25, 0.3) is 0 Å². The Bertz CT molecular complexity index is 458. The molecule has 0 radical (unpaired) electrons. The summed E-state index contributed by atoms with van der Waals surface area (Å²) in [4.78, 5) is 4.60. The number of pyridine rings is 1. The molecular formula is C17H30N2O2. The van der Waals surface area contributed by atoms with Crippen molar-refractivity contribution >= 4 is 0 Å². The molecule has 0 amide bonds. The maximum atomic E-state index is 5.56. The Morgan fingerprint density at radius 3 is 2.48 bits per heavy atom. The number of aromatic nitrogens is 1. The van der Waals surface area contributed by atoms with Gasteiger partial charge < -0.3 is 14.8 Å². The van der Waals surface area contributed by atoms with Gasteiger partial charge in [-0.05, 0) is 40.7 Å². The van der Waals surface area contributed by atoms with Crippen LogP contribution >= 0.6 is 0 Å². The van der Waals surface area contributed by atoms with Crippen LogP contribution in [0.15, 0.2) is 6.20 Å². The Balaban J connectivity index is 2.94. The van der Waals surface area contributed by atoms with Crippen molar-refractivity contribution in [2.24, 2.45) is 0 Å². The van der Waals surface area contributed by atoms with E-state index in [0.29, 0.717) is 6.04 Å². The Morgan fingerprint density at radius 1 is 1.29 bits per heavy atom. The zero-order valence-corrected chi connectivity index (χ0v) is 14.5. The van der Waals surface area contributed by atoms with E-state index in [9.17, 15) is 0 Å². The third kappa shape index (κ3) is 4.97. The first-order chi connectivity index (χ1) is 9.84. The summed E-state index contributed by atoms with van der Waals surface area (Å²) in [5.41, 5.74) is 3.16. The molecule has 1 unspecified atom stereocenters. The van der Waals surface area contributed by atoms with E-state index in [4.69, 9.17) is 9.47 Å². The number of hydrogen-bond acceptors (Lipinski definition) is 4. The lowest BCUT2D eigenvalue weighted by Gasteiger charge is -2.29. The van der Waals surface area contributed by atoms with E-state index in [1.54, 1.807) is 14.2 Å². The normalized spacial score (nSPS) is 13.3. The molecule has 1 aromatic heterocycles. The molecule has 1 rings (SSSR count). The summed E-state index contributed by atoms with van der Waals surface area (Å²) in [6, 6.07) is 0.337. The van der Waals surface area contributed by atoms with Gasteiger partial charge >= 0.3 is 0 Å². The second-order valence-corrected chi connectivity index (χ2v) is 6.17. The summed E-state index contributed by atoms with van der Waals surface area (Å²) in [5, 5.41) is 3.54. The Kier molecular flexibility index (Phi) is 6.62. The largest absolute Gasteiger partial charge is 0.496 e. The van der Waals surface area contributed by atoms with Crippen LogP contribution in [0.4, 0.5) is 0 Å². The molecule has 4 nitrogen and oxygen atoms in total. The van der Waals surface area contributed by atoms with Crippen molar-refractivity contribution in [2.75, 3.05) is 20.8 Å². The number of hydrogen-bond donors (Lipinski definition) is 1. The summed E-state index contributed by atoms with van der Waals surface area (Å²) < 4.78 is 11.1. The minimum absolute atomic E-state index is 0.143. The Hall–Kier alpha value is -1.13. The molecule has 0 aliphatic carbocycles. The number of nitrogens with zero attached hydrogens (tertiary/aromatic N) is 1. The van der Waals surface area contributed by atoms with Gasteiger partial charge in [-0.25, -0.2) is 0 Å². The minimum atomic E-state index is -0.143. The molecule has 0 aliphatic heterocycles. The molecule has 0 saturated heterocycles. The molecule has 21 heavy (non-hydrogen) atoms. The number of aryl methyl sites for hydroxylation is 1. The van der Waals surface area contributed by atoms with Gasteiger partial charge in [-0.2, -0.15) is 0 Å². The first kappa shape index (κ1) is 17.9. The van der Waals surface area contributed by atoms with Crippen molar-refractivity contribution in [1.82, 2.24) is 10.3 Å². The molecule has 0 spiro atoms. The van der Waals surface area contributed by atoms with Gasteiger partial charge in [-0.15, -0.1) is 0 Å². The molecule has 1 N–H and O–H groups in total. The fourth-order valence-electron chi connectivity index (χ4n) is 2.69. The lowest BCUT2D eigenvalue weighted by atomic mass is 9.94. The van der Waals surface area contributed by atoms with Crippen molar-refractivity contribution in [3.8, 4) is 5.75 Å². The highest BCUT2D eigenvalue weighted by atomic mass is 16.5. The van der Waals surface area contributed by atoms with Gasteiger partial charge in [0.2, 0.25) is 0 Å². The van der Waals surface area contributed by atoms with E-state index in [-0.39, 0.29) is 5.60 Å². The highest BCUT2D eigenvalue weighted by Gasteiger charge is 2.24. The van der Waals surface area contributed by atoms with E-state index in [0.717, 1.165) is 42.0 Å². The van der Waals surface area contributed by atoms with Gasteiger partial charge in [0.15, 0.2) is 0 Å². The molecule has 1 heterocycles. The topological polar surface area (TPSA) is 43.4 Å². The zero-order valence-electron chi connectivity index (χ0n) is 14.5. The van der Waals surface area contributed by atoms with Gasteiger partial charge in [0.1, 0.15) is 5.75 Å². The first-order valence-corrected chi connectivity index (χ1v) is 7.62. The van der Waals surface area contributed by atoms with Crippen molar-refractivity contribution < 1.29 is 9.47 Å². The van der Waals surface area contributed by atoms with Crippen LogP contribution in [0, 0.1) is 13.8 Å². The fraction of sp³-hybridized carbons (Fsp3) is 0.706. The van der Waals surface area contributed by atoms with E-state index >= 15 is 0 Å². The number of ether oxygens (including phenoxy) is 2. The number of nitrogens with one attached hydrogen (secondary N) is 1. The van der Waals surface area contributed by atoms with Crippen LogP contribution in [0.3, 0.4) is 0 Å². The molecule has 1 aromatic rings. The van der Waals surface area contributed by atoms with Gasteiger partial charge in [0, 0.05) is 42.6 Å². The van der Waals surface area contributed by atoms with Gasteiger partial charge in [-0.1, -0.05) is 6.92 Å². The SMILES string of the molecule is CCNC(Cc1ncc(C)c(OC)c1C)CC(C)(C)OC. The van der Waals surface area contributed by atoms with E-state index in [2.05, 4.69) is 38.0 Å². The molecule has 0 bridgehead atoms. The van der Waals surface area contributed by atoms with Crippen LogP contribution in [-0.2, 0) is 11.2 Å². The summed E-state index contributed by atoms with van der Waals surface area (Å²) in [6.07, 6.45) is 3.71. The summed E-state index contributed by atoms with van der Waals surface area (Å²) >= 11 is 0. The third-order valence-corrected chi connectivity index (χ3v) is 3.97. The Morgan fingerprint density at radius 2 is 1.95 bits per heavy atom.